The summed E-state index contributed by atoms with van der Waals surface area (Å²) in [5.74, 6) is 1.17. The van der Waals surface area contributed by atoms with Crippen LogP contribution in [0.3, 0.4) is 0 Å². The Morgan fingerprint density at radius 1 is 1.23 bits per heavy atom. The molecule has 0 atom stereocenters. The van der Waals surface area contributed by atoms with Crippen LogP contribution in [-0.4, -0.2) is 39.4 Å². The molecule has 0 bridgehead atoms. The lowest BCUT2D eigenvalue weighted by molar-refractivity contribution is 0.414. The molecule has 0 unspecified atom stereocenters. The molecule has 3 heterocycles. The lowest BCUT2D eigenvalue weighted by Crippen LogP contribution is -2.37. The lowest BCUT2D eigenvalue weighted by atomic mass is 9.97. The second kappa shape index (κ2) is 6.65. The number of nitrogens with zero attached hydrogens (tertiary/aromatic N) is 5. The average molecular weight is 300 g/mol. The van der Waals surface area contributed by atoms with Gasteiger partial charge in [0.25, 0.3) is 5.56 Å². The first kappa shape index (κ1) is 14.6. The molecule has 1 aliphatic heterocycles. The van der Waals surface area contributed by atoms with E-state index < -0.39 is 0 Å². The number of aromatic nitrogens is 4. The van der Waals surface area contributed by atoms with Crippen LogP contribution in [0.5, 0.6) is 0 Å². The molecule has 0 amide bonds. The van der Waals surface area contributed by atoms with Crippen LogP contribution in [0.2, 0.25) is 0 Å². The molecule has 1 saturated heterocycles. The highest BCUT2D eigenvalue weighted by atomic mass is 16.1. The highest BCUT2D eigenvalue weighted by Gasteiger charge is 2.19. The summed E-state index contributed by atoms with van der Waals surface area (Å²) < 4.78 is 1.38. The van der Waals surface area contributed by atoms with Gasteiger partial charge in [0.05, 0.1) is 11.9 Å². The van der Waals surface area contributed by atoms with Crippen molar-refractivity contribution in [2.24, 2.45) is 11.7 Å². The molecule has 7 heteroatoms. The van der Waals surface area contributed by atoms with Gasteiger partial charge in [0.15, 0.2) is 0 Å². The Labute approximate surface area is 128 Å². The van der Waals surface area contributed by atoms with Crippen LogP contribution in [-0.2, 0) is 6.54 Å². The van der Waals surface area contributed by atoms with Crippen molar-refractivity contribution in [1.82, 2.24) is 19.7 Å². The maximum atomic E-state index is 12.2. The molecule has 2 N–H and O–H groups in total. The highest BCUT2D eigenvalue weighted by molar-refractivity contribution is 5.43. The van der Waals surface area contributed by atoms with Crippen LogP contribution < -0.4 is 16.2 Å². The van der Waals surface area contributed by atoms with Crippen molar-refractivity contribution >= 4 is 5.69 Å². The predicted molar refractivity (Wildman–Crippen MR) is 83.6 cm³/mol. The minimum absolute atomic E-state index is 0.133. The number of piperidine rings is 1. The number of hydrogen-bond acceptors (Lipinski definition) is 6. The molecule has 2 aromatic rings. The molecule has 116 valence electrons. The third-order valence-electron chi connectivity index (χ3n) is 4.08. The van der Waals surface area contributed by atoms with Gasteiger partial charge in [-0.25, -0.2) is 14.6 Å². The summed E-state index contributed by atoms with van der Waals surface area (Å²) >= 11 is 0. The molecule has 0 saturated carbocycles. The van der Waals surface area contributed by atoms with E-state index in [2.05, 4.69) is 20.0 Å². The van der Waals surface area contributed by atoms with Crippen LogP contribution in [0.15, 0.2) is 35.5 Å². The van der Waals surface area contributed by atoms with Crippen molar-refractivity contribution in [2.75, 3.05) is 24.5 Å². The molecule has 0 spiro atoms. The number of anilines is 1. The fraction of sp³-hybridized carbons (Fsp3) is 0.467. The van der Waals surface area contributed by atoms with Crippen molar-refractivity contribution in [2.45, 2.75) is 19.4 Å². The summed E-state index contributed by atoms with van der Waals surface area (Å²) in [6.45, 7) is 2.88. The first-order valence-electron chi connectivity index (χ1n) is 7.54. The Bertz CT molecular complexity index is 663. The van der Waals surface area contributed by atoms with Gasteiger partial charge in [-0.05, 0) is 31.4 Å². The van der Waals surface area contributed by atoms with Gasteiger partial charge in [-0.15, -0.1) is 0 Å². The molecule has 1 fully saturated rings. The second-order valence-corrected chi connectivity index (χ2v) is 5.54. The molecule has 3 rings (SSSR count). The van der Waals surface area contributed by atoms with Crippen molar-refractivity contribution in [3.8, 4) is 0 Å². The summed E-state index contributed by atoms with van der Waals surface area (Å²) in [4.78, 5) is 22.6. The zero-order valence-electron chi connectivity index (χ0n) is 12.4. The number of hydrogen-bond donors (Lipinski definition) is 1. The van der Waals surface area contributed by atoms with Crippen LogP contribution in [0.1, 0.15) is 18.7 Å². The van der Waals surface area contributed by atoms with Crippen LogP contribution >= 0.6 is 0 Å². The maximum Gasteiger partial charge on any atom is 0.269 e. The second-order valence-electron chi connectivity index (χ2n) is 5.54. The fourth-order valence-corrected chi connectivity index (χ4v) is 2.69. The quantitative estimate of drug-likeness (QED) is 0.871. The van der Waals surface area contributed by atoms with E-state index in [0.717, 1.165) is 38.2 Å². The normalized spacial score (nSPS) is 16.0. The number of rotatable bonds is 4. The van der Waals surface area contributed by atoms with E-state index in [1.807, 2.05) is 0 Å². The van der Waals surface area contributed by atoms with E-state index in [-0.39, 0.29) is 12.1 Å². The van der Waals surface area contributed by atoms with Gasteiger partial charge < -0.3 is 10.6 Å². The van der Waals surface area contributed by atoms with Crippen molar-refractivity contribution in [3.05, 3.63) is 46.9 Å². The molecular weight excluding hydrogens is 280 g/mol. The SMILES string of the molecule is NCC1CCN(c2cnn(Cc3ncccn3)c(=O)c2)CC1. The smallest absolute Gasteiger partial charge is 0.269 e. The van der Waals surface area contributed by atoms with Gasteiger partial charge in [0, 0.05) is 31.5 Å². The van der Waals surface area contributed by atoms with Crippen molar-refractivity contribution in [3.63, 3.8) is 0 Å². The Morgan fingerprint density at radius 2 is 1.95 bits per heavy atom. The predicted octanol–water partition coefficient (Wildman–Crippen LogP) is 0.257. The maximum absolute atomic E-state index is 12.2. The van der Waals surface area contributed by atoms with Gasteiger partial charge in [-0.2, -0.15) is 5.10 Å². The minimum atomic E-state index is -0.133. The first-order chi connectivity index (χ1) is 10.8. The molecule has 0 aromatic carbocycles. The molecule has 0 aliphatic carbocycles. The van der Waals surface area contributed by atoms with E-state index in [0.29, 0.717) is 11.7 Å². The monoisotopic (exact) mass is 300 g/mol. The molecule has 7 nitrogen and oxygen atoms in total. The third-order valence-corrected chi connectivity index (χ3v) is 4.08. The fourth-order valence-electron chi connectivity index (χ4n) is 2.69. The summed E-state index contributed by atoms with van der Waals surface area (Å²) in [7, 11) is 0. The van der Waals surface area contributed by atoms with E-state index in [4.69, 9.17) is 5.73 Å². The highest BCUT2D eigenvalue weighted by Crippen LogP contribution is 2.20. The standard InChI is InChI=1S/C15H20N6O/c16-9-12-2-6-20(7-3-12)13-8-15(22)21(19-10-13)11-14-17-4-1-5-18-14/h1,4-5,8,10,12H,2-3,6-7,9,11,16H2. The van der Waals surface area contributed by atoms with E-state index >= 15 is 0 Å². The van der Waals surface area contributed by atoms with Gasteiger partial charge in [0.2, 0.25) is 0 Å². The van der Waals surface area contributed by atoms with E-state index in [1.165, 1.54) is 4.68 Å². The Balaban J connectivity index is 1.71. The molecule has 1 aliphatic rings. The van der Waals surface area contributed by atoms with E-state index in [1.54, 1.807) is 30.7 Å². The number of nitrogens with two attached hydrogens (primary N) is 1. The largest absolute Gasteiger partial charge is 0.370 e. The van der Waals surface area contributed by atoms with Gasteiger partial charge >= 0.3 is 0 Å². The van der Waals surface area contributed by atoms with Crippen LogP contribution in [0.4, 0.5) is 5.69 Å². The molecule has 22 heavy (non-hydrogen) atoms. The third kappa shape index (κ3) is 3.30. The van der Waals surface area contributed by atoms with Crippen LogP contribution in [0, 0.1) is 5.92 Å². The molecule has 2 aromatic heterocycles. The zero-order chi connectivity index (χ0) is 15.4. The summed E-state index contributed by atoms with van der Waals surface area (Å²) in [5, 5.41) is 4.25. The van der Waals surface area contributed by atoms with Gasteiger partial charge in [0.1, 0.15) is 12.4 Å². The Hall–Kier alpha value is -2.28. The lowest BCUT2D eigenvalue weighted by Gasteiger charge is -2.32. The topological polar surface area (TPSA) is 89.9 Å². The minimum Gasteiger partial charge on any atom is -0.370 e. The van der Waals surface area contributed by atoms with Gasteiger partial charge in [-0.1, -0.05) is 0 Å². The van der Waals surface area contributed by atoms with Crippen LogP contribution in [0.25, 0.3) is 0 Å². The average Bonchev–Trinajstić information content (AvgIpc) is 2.58. The first-order valence-corrected chi connectivity index (χ1v) is 7.54. The summed E-state index contributed by atoms with van der Waals surface area (Å²) in [5.41, 5.74) is 6.46. The Morgan fingerprint density at radius 3 is 2.59 bits per heavy atom. The van der Waals surface area contributed by atoms with Gasteiger partial charge in [-0.3, -0.25) is 4.79 Å². The van der Waals surface area contributed by atoms with E-state index in [9.17, 15) is 4.79 Å². The van der Waals surface area contributed by atoms with Crippen molar-refractivity contribution in [1.29, 1.82) is 0 Å². The molecular formula is C15H20N6O. The zero-order valence-corrected chi connectivity index (χ0v) is 12.4. The summed E-state index contributed by atoms with van der Waals surface area (Å²) in [6, 6.07) is 3.38. The molecule has 0 radical (unpaired) electrons. The summed E-state index contributed by atoms with van der Waals surface area (Å²) in [6.07, 6.45) is 7.19. The van der Waals surface area contributed by atoms with Crippen molar-refractivity contribution < 1.29 is 0 Å². The Kier molecular flexibility index (Phi) is 4.43.